The van der Waals surface area contributed by atoms with Crippen molar-refractivity contribution in [3.05, 3.63) is 23.8 Å². The van der Waals surface area contributed by atoms with E-state index in [0.29, 0.717) is 30.3 Å². The highest BCUT2D eigenvalue weighted by atomic mass is 16.6. The van der Waals surface area contributed by atoms with E-state index in [4.69, 9.17) is 14.2 Å². The summed E-state index contributed by atoms with van der Waals surface area (Å²) < 4.78 is 15.8. The van der Waals surface area contributed by atoms with Gasteiger partial charge in [0.2, 0.25) is 0 Å². The summed E-state index contributed by atoms with van der Waals surface area (Å²) >= 11 is 0. The lowest BCUT2D eigenvalue weighted by Gasteiger charge is -2.18. The maximum absolute atomic E-state index is 11.9. The van der Waals surface area contributed by atoms with E-state index in [1.807, 2.05) is 13.8 Å². The van der Waals surface area contributed by atoms with Crippen LogP contribution in [0.4, 0.5) is 0 Å². The van der Waals surface area contributed by atoms with Crippen LogP contribution in [0.5, 0.6) is 11.5 Å². The third-order valence-electron chi connectivity index (χ3n) is 3.24. The van der Waals surface area contributed by atoms with E-state index < -0.39 is 5.97 Å². The van der Waals surface area contributed by atoms with Crippen molar-refractivity contribution in [1.29, 1.82) is 0 Å². The van der Waals surface area contributed by atoms with Crippen LogP contribution < -0.4 is 14.8 Å². The highest BCUT2D eigenvalue weighted by molar-refractivity contribution is 5.92. The molecule has 1 N–H and O–H groups in total. The first kappa shape index (κ1) is 16.1. The Morgan fingerprint density at radius 1 is 1.27 bits per heavy atom. The summed E-state index contributed by atoms with van der Waals surface area (Å²) in [7, 11) is 0. The normalized spacial score (nSPS) is 14.1. The molecule has 6 heteroatoms. The second kappa shape index (κ2) is 7.68. The summed E-state index contributed by atoms with van der Waals surface area (Å²) in [5.74, 6) is 0.262. The summed E-state index contributed by atoms with van der Waals surface area (Å²) in [5.41, 5.74) is 0.332. The van der Waals surface area contributed by atoms with Gasteiger partial charge in [-0.15, -0.1) is 0 Å². The minimum atomic E-state index is -0.560. The van der Waals surface area contributed by atoms with Gasteiger partial charge in [0.25, 0.3) is 5.91 Å². The van der Waals surface area contributed by atoms with Gasteiger partial charge in [-0.25, -0.2) is 4.79 Å². The first-order valence-electron chi connectivity index (χ1n) is 7.46. The van der Waals surface area contributed by atoms with Gasteiger partial charge in [-0.05, 0) is 31.5 Å². The predicted octanol–water partition coefficient (Wildman–Crippen LogP) is 1.92. The van der Waals surface area contributed by atoms with Crippen molar-refractivity contribution >= 4 is 11.9 Å². The fourth-order valence-corrected chi connectivity index (χ4v) is 2.21. The van der Waals surface area contributed by atoms with E-state index >= 15 is 0 Å². The first-order chi connectivity index (χ1) is 10.6. The van der Waals surface area contributed by atoms with Crippen molar-refractivity contribution < 1.29 is 23.8 Å². The van der Waals surface area contributed by atoms with E-state index in [0.717, 1.165) is 12.8 Å². The zero-order chi connectivity index (χ0) is 15.9. The van der Waals surface area contributed by atoms with Crippen LogP contribution in [0.1, 0.15) is 37.0 Å². The number of fused-ring (bicyclic) bond motifs is 1. The molecule has 1 amide bonds. The Morgan fingerprint density at radius 3 is 2.73 bits per heavy atom. The lowest BCUT2D eigenvalue weighted by molar-refractivity contribution is -0.124. The summed E-state index contributed by atoms with van der Waals surface area (Å²) in [6.07, 6.45) is 1.88. The SMILES string of the molecule is CCC[C@H](C)NC(=O)COC(=O)c1ccc2c(c1)OCCO2. The minimum absolute atomic E-state index is 0.0745. The number of nitrogens with one attached hydrogen (secondary N) is 1. The molecule has 0 aromatic heterocycles. The number of amides is 1. The van der Waals surface area contributed by atoms with Gasteiger partial charge < -0.3 is 19.5 Å². The molecule has 0 bridgehead atoms. The zero-order valence-electron chi connectivity index (χ0n) is 12.9. The molecule has 1 heterocycles. The van der Waals surface area contributed by atoms with Crippen molar-refractivity contribution in [1.82, 2.24) is 5.32 Å². The number of carbonyl (C=O) groups is 2. The van der Waals surface area contributed by atoms with Gasteiger partial charge in [0.1, 0.15) is 13.2 Å². The van der Waals surface area contributed by atoms with Gasteiger partial charge in [-0.3, -0.25) is 4.79 Å². The molecular formula is C16H21NO5. The average Bonchev–Trinajstić information content (AvgIpc) is 2.52. The Kier molecular flexibility index (Phi) is 5.63. The Bertz CT molecular complexity index is 543. The largest absolute Gasteiger partial charge is 0.486 e. The molecule has 0 spiro atoms. The van der Waals surface area contributed by atoms with Crippen LogP contribution in [0, 0.1) is 0 Å². The Hall–Kier alpha value is -2.24. The lowest BCUT2D eigenvalue weighted by Crippen LogP contribution is -2.35. The molecule has 120 valence electrons. The Labute approximate surface area is 129 Å². The molecule has 0 unspecified atom stereocenters. The predicted molar refractivity (Wildman–Crippen MR) is 80.2 cm³/mol. The fraction of sp³-hybridized carbons (Fsp3) is 0.500. The van der Waals surface area contributed by atoms with E-state index in [-0.39, 0.29) is 18.6 Å². The summed E-state index contributed by atoms with van der Waals surface area (Å²) in [6, 6.07) is 4.89. The summed E-state index contributed by atoms with van der Waals surface area (Å²) in [5, 5.41) is 2.78. The third kappa shape index (κ3) is 4.38. The highest BCUT2D eigenvalue weighted by Crippen LogP contribution is 2.30. The van der Waals surface area contributed by atoms with E-state index in [1.165, 1.54) is 0 Å². The fourth-order valence-electron chi connectivity index (χ4n) is 2.21. The van der Waals surface area contributed by atoms with Gasteiger partial charge in [-0.1, -0.05) is 13.3 Å². The molecule has 0 fully saturated rings. The Balaban J connectivity index is 1.86. The molecule has 1 aliphatic heterocycles. The zero-order valence-corrected chi connectivity index (χ0v) is 12.9. The molecule has 1 aliphatic rings. The monoisotopic (exact) mass is 307 g/mol. The van der Waals surface area contributed by atoms with Crippen LogP contribution in [-0.4, -0.2) is 37.7 Å². The molecule has 0 saturated heterocycles. The number of hydrogen-bond acceptors (Lipinski definition) is 5. The van der Waals surface area contributed by atoms with Crippen LogP contribution in [-0.2, 0) is 9.53 Å². The molecule has 0 radical (unpaired) electrons. The Morgan fingerprint density at radius 2 is 2.00 bits per heavy atom. The molecule has 1 atom stereocenters. The molecule has 22 heavy (non-hydrogen) atoms. The van der Waals surface area contributed by atoms with E-state index in [1.54, 1.807) is 18.2 Å². The molecule has 2 rings (SSSR count). The number of rotatable bonds is 6. The van der Waals surface area contributed by atoms with Crippen molar-refractivity contribution in [3.63, 3.8) is 0 Å². The maximum Gasteiger partial charge on any atom is 0.338 e. The maximum atomic E-state index is 11.9. The van der Waals surface area contributed by atoms with Gasteiger partial charge in [0, 0.05) is 6.04 Å². The summed E-state index contributed by atoms with van der Waals surface area (Å²) in [4.78, 5) is 23.6. The minimum Gasteiger partial charge on any atom is -0.486 e. The highest BCUT2D eigenvalue weighted by Gasteiger charge is 2.17. The van der Waals surface area contributed by atoms with Crippen molar-refractivity contribution in [3.8, 4) is 11.5 Å². The standard InChI is InChI=1S/C16H21NO5/c1-3-4-11(2)17-15(18)10-22-16(19)12-5-6-13-14(9-12)21-8-7-20-13/h5-6,9,11H,3-4,7-8,10H2,1-2H3,(H,17,18)/t11-/m0/s1. The number of ether oxygens (including phenoxy) is 3. The van der Waals surface area contributed by atoms with Crippen molar-refractivity contribution in [2.24, 2.45) is 0 Å². The average molecular weight is 307 g/mol. The van der Waals surface area contributed by atoms with Crippen LogP contribution >= 0.6 is 0 Å². The smallest absolute Gasteiger partial charge is 0.338 e. The number of carbonyl (C=O) groups excluding carboxylic acids is 2. The third-order valence-corrected chi connectivity index (χ3v) is 3.24. The van der Waals surface area contributed by atoms with Crippen molar-refractivity contribution in [2.75, 3.05) is 19.8 Å². The van der Waals surface area contributed by atoms with Gasteiger partial charge in [0.05, 0.1) is 5.56 Å². The van der Waals surface area contributed by atoms with Crippen molar-refractivity contribution in [2.45, 2.75) is 32.7 Å². The van der Waals surface area contributed by atoms with Gasteiger partial charge >= 0.3 is 5.97 Å². The van der Waals surface area contributed by atoms with E-state index in [2.05, 4.69) is 5.32 Å². The second-order valence-electron chi connectivity index (χ2n) is 5.19. The topological polar surface area (TPSA) is 73.9 Å². The summed E-state index contributed by atoms with van der Waals surface area (Å²) in [6.45, 7) is 4.62. The van der Waals surface area contributed by atoms with Crippen LogP contribution in [0.3, 0.4) is 0 Å². The van der Waals surface area contributed by atoms with Gasteiger partial charge in [0.15, 0.2) is 18.1 Å². The molecular weight excluding hydrogens is 286 g/mol. The van der Waals surface area contributed by atoms with Crippen LogP contribution in [0.25, 0.3) is 0 Å². The van der Waals surface area contributed by atoms with Crippen LogP contribution in [0.15, 0.2) is 18.2 Å². The number of esters is 1. The lowest BCUT2D eigenvalue weighted by atomic mass is 10.2. The first-order valence-corrected chi connectivity index (χ1v) is 7.46. The second-order valence-corrected chi connectivity index (χ2v) is 5.19. The molecule has 6 nitrogen and oxygen atoms in total. The number of hydrogen-bond donors (Lipinski definition) is 1. The van der Waals surface area contributed by atoms with Crippen LogP contribution in [0.2, 0.25) is 0 Å². The van der Waals surface area contributed by atoms with Gasteiger partial charge in [-0.2, -0.15) is 0 Å². The quantitative estimate of drug-likeness (QED) is 0.813. The molecule has 0 saturated carbocycles. The molecule has 0 aliphatic carbocycles. The number of benzene rings is 1. The molecule has 1 aromatic carbocycles. The van der Waals surface area contributed by atoms with E-state index in [9.17, 15) is 9.59 Å². The molecule has 1 aromatic rings.